The molecule has 1 aromatic heterocycles. The van der Waals surface area contributed by atoms with Crippen LogP contribution in [0.4, 0.5) is 11.9 Å². The highest BCUT2D eigenvalue weighted by molar-refractivity contribution is 5.71. The van der Waals surface area contributed by atoms with Gasteiger partial charge < -0.3 is 11.5 Å². The van der Waals surface area contributed by atoms with Gasteiger partial charge >= 0.3 is 5.95 Å². The summed E-state index contributed by atoms with van der Waals surface area (Å²) in [5, 5.41) is 29.3. The molecule has 0 spiro atoms. The Hall–Kier alpha value is -3.19. The molecular weight excluding hydrogens is 240 g/mol. The normalized spacial score (nSPS) is 8.47. The molecule has 1 heterocycles. The summed E-state index contributed by atoms with van der Waals surface area (Å²) in [5.74, 6) is -0.997. The van der Waals surface area contributed by atoms with Crippen molar-refractivity contribution in [2.75, 3.05) is 10.9 Å². The second kappa shape index (κ2) is 6.32. The summed E-state index contributed by atoms with van der Waals surface area (Å²) in [6.45, 7) is 0. The lowest BCUT2D eigenvalue weighted by Crippen LogP contribution is -2.20. The number of nitrogens with one attached hydrogen (secondary N) is 4. The number of nitrogens with two attached hydrogens (primary N) is 2. The molecule has 0 bridgehead atoms. The maximum Gasteiger partial charge on any atom is 0.305 e. The molecule has 0 radical (unpaired) electrons. The van der Waals surface area contributed by atoms with Crippen LogP contribution < -0.4 is 22.3 Å². The summed E-state index contributed by atoms with van der Waals surface area (Å²) in [7, 11) is 0. The van der Waals surface area contributed by atoms with Crippen molar-refractivity contribution in [3.8, 4) is 0 Å². The zero-order valence-corrected chi connectivity index (χ0v) is 8.08. The van der Waals surface area contributed by atoms with E-state index in [1.807, 2.05) is 0 Å². The van der Waals surface area contributed by atoms with Crippen LogP contribution in [-0.2, 0) is 0 Å². The number of hydrogen-bond acceptors (Lipinski definition) is 7. The molecule has 0 saturated heterocycles. The SMILES string of the molecule is N=C(N)N.O=[N+]([O-])Nc1n[nH]c(N[N+](=O)[O-])n1. The van der Waals surface area contributed by atoms with Gasteiger partial charge in [-0.15, -0.1) is 5.10 Å². The van der Waals surface area contributed by atoms with Crippen LogP contribution in [0.25, 0.3) is 0 Å². The van der Waals surface area contributed by atoms with Gasteiger partial charge in [-0.05, 0) is 0 Å². The summed E-state index contributed by atoms with van der Waals surface area (Å²) < 4.78 is 0. The molecule has 0 amide bonds. The van der Waals surface area contributed by atoms with Gasteiger partial charge in [0.1, 0.15) is 0 Å². The average Bonchev–Trinajstić information content (AvgIpc) is 2.48. The third-order valence-electron chi connectivity index (χ3n) is 0.874. The molecule has 0 aliphatic carbocycles. The highest BCUT2D eigenvalue weighted by Gasteiger charge is 2.09. The molecule has 8 N–H and O–H groups in total. The van der Waals surface area contributed by atoms with Gasteiger partial charge in [0.15, 0.2) is 16.0 Å². The Morgan fingerprint density at radius 2 is 1.76 bits per heavy atom. The second-order valence-electron chi connectivity index (χ2n) is 2.20. The lowest BCUT2D eigenvalue weighted by molar-refractivity contribution is -0.446. The Bertz CT molecular complexity index is 377. The molecule has 14 nitrogen and oxygen atoms in total. The van der Waals surface area contributed by atoms with E-state index in [9.17, 15) is 20.2 Å². The van der Waals surface area contributed by atoms with Gasteiger partial charge in [0.05, 0.1) is 0 Å². The highest BCUT2D eigenvalue weighted by Crippen LogP contribution is 2.01. The molecule has 0 fully saturated rings. The van der Waals surface area contributed by atoms with Gasteiger partial charge in [-0.25, -0.2) is 25.3 Å². The van der Waals surface area contributed by atoms with Crippen LogP contribution in [0.3, 0.4) is 0 Å². The zero-order chi connectivity index (χ0) is 13.4. The Labute approximate surface area is 92.1 Å². The average molecular weight is 248 g/mol. The Morgan fingerprint density at radius 3 is 2.18 bits per heavy atom. The fourth-order valence-corrected chi connectivity index (χ4v) is 0.530. The monoisotopic (exact) mass is 248 g/mol. The van der Waals surface area contributed by atoms with Gasteiger partial charge in [0.2, 0.25) is 0 Å². The number of nitro groups is 2. The van der Waals surface area contributed by atoms with Crippen LogP contribution in [0.1, 0.15) is 0 Å². The molecule has 0 aliphatic heterocycles. The molecule has 1 rings (SSSR count). The number of aromatic amines is 1. The molecule has 1 aromatic rings. The van der Waals surface area contributed by atoms with Crippen molar-refractivity contribution in [1.82, 2.24) is 15.2 Å². The number of guanidine groups is 1. The van der Waals surface area contributed by atoms with E-state index in [-0.39, 0.29) is 17.9 Å². The van der Waals surface area contributed by atoms with Crippen LogP contribution in [0.15, 0.2) is 0 Å². The van der Waals surface area contributed by atoms with E-state index in [4.69, 9.17) is 5.41 Å². The fourth-order valence-electron chi connectivity index (χ4n) is 0.530. The zero-order valence-electron chi connectivity index (χ0n) is 8.08. The van der Waals surface area contributed by atoms with Gasteiger partial charge in [0.25, 0.3) is 5.95 Å². The van der Waals surface area contributed by atoms with Crippen LogP contribution >= 0.6 is 0 Å². The summed E-state index contributed by atoms with van der Waals surface area (Å²) in [5.41, 5.74) is 12.2. The minimum atomic E-state index is -0.890. The molecule has 0 aromatic carbocycles. The molecule has 0 unspecified atom stereocenters. The van der Waals surface area contributed by atoms with E-state index in [2.05, 4.69) is 26.6 Å². The first-order chi connectivity index (χ1) is 7.81. The van der Waals surface area contributed by atoms with Gasteiger partial charge in [-0.2, -0.15) is 4.98 Å². The maximum atomic E-state index is 9.85. The van der Waals surface area contributed by atoms with Crippen molar-refractivity contribution >= 4 is 17.9 Å². The van der Waals surface area contributed by atoms with Crippen LogP contribution in [0.5, 0.6) is 0 Å². The first kappa shape index (κ1) is 13.8. The molecular formula is C3H8N10O4. The lowest BCUT2D eigenvalue weighted by atomic mass is 11.0. The Morgan fingerprint density at radius 1 is 1.29 bits per heavy atom. The molecule has 0 aliphatic rings. The minimum Gasteiger partial charge on any atom is -0.370 e. The summed E-state index contributed by atoms with van der Waals surface area (Å²) in [6, 6.07) is 0. The van der Waals surface area contributed by atoms with E-state index < -0.39 is 10.1 Å². The fraction of sp³-hybridized carbons (Fsp3) is 0. The highest BCUT2D eigenvalue weighted by atomic mass is 16.7. The van der Waals surface area contributed by atoms with Crippen molar-refractivity contribution in [2.45, 2.75) is 0 Å². The number of hydrogen-bond donors (Lipinski definition) is 6. The predicted octanol–water partition coefficient (Wildman–Crippen LogP) is -2.15. The second-order valence-corrected chi connectivity index (χ2v) is 2.20. The number of H-pyrrole nitrogens is 1. The molecule has 0 atom stereocenters. The van der Waals surface area contributed by atoms with Crippen molar-refractivity contribution < 1.29 is 10.1 Å². The van der Waals surface area contributed by atoms with Gasteiger partial charge in [-0.1, -0.05) is 10.9 Å². The maximum absolute atomic E-state index is 9.85. The molecule has 0 saturated carbocycles. The largest absolute Gasteiger partial charge is 0.370 e. The third-order valence-corrected chi connectivity index (χ3v) is 0.874. The number of aromatic nitrogens is 3. The van der Waals surface area contributed by atoms with E-state index in [0.29, 0.717) is 0 Å². The first-order valence-corrected chi connectivity index (χ1v) is 3.65. The summed E-state index contributed by atoms with van der Waals surface area (Å²) in [4.78, 5) is 23.0. The number of rotatable bonds is 4. The number of hydrazine groups is 2. The minimum absolute atomic E-state index is 0.297. The van der Waals surface area contributed by atoms with Crippen molar-refractivity contribution in [3.63, 3.8) is 0 Å². The predicted molar refractivity (Wildman–Crippen MR) is 53.7 cm³/mol. The smallest absolute Gasteiger partial charge is 0.305 e. The van der Waals surface area contributed by atoms with E-state index in [1.54, 1.807) is 10.9 Å². The quantitative estimate of drug-likeness (QED) is 0.146. The summed E-state index contributed by atoms with van der Waals surface area (Å²) >= 11 is 0. The number of nitrogens with zero attached hydrogens (tertiary/aromatic N) is 4. The Balaban J connectivity index is 0.000000557. The summed E-state index contributed by atoms with van der Waals surface area (Å²) in [6.07, 6.45) is 0. The molecule has 14 heteroatoms. The Kier molecular flexibility index (Phi) is 5.14. The van der Waals surface area contributed by atoms with Crippen molar-refractivity contribution in [1.29, 1.82) is 5.41 Å². The van der Waals surface area contributed by atoms with E-state index in [0.717, 1.165) is 0 Å². The van der Waals surface area contributed by atoms with Crippen LogP contribution in [0.2, 0.25) is 0 Å². The standard InChI is InChI=1S/C2H3N7O4.CH5N3/c10-8(11)6-1-3-2(5-4-1)7-9(12)13;2-1(3)4/h(H3,3,4,5,6,7);(H5,2,3,4). The van der Waals surface area contributed by atoms with Gasteiger partial charge in [0, 0.05) is 0 Å². The van der Waals surface area contributed by atoms with Gasteiger partial charge in [-0.3, -0.25) is 5.41 Å². The topological polar surface area (TPSA) is 228 Å². The first-order valence-electron chi connectivity index (χ1n) is 3.65. The molecule has 94 valence electrons. The van der Waals surface area contributed by atoms with Crippen molar-refractivity contribution in [3.05, 3.63) is 20.2 Å². The lowest BCUT2D eigenvalue weighted by Gasteiger charge is -1.87. The number of anilines is 2. The third kappa shape index (κ3) is 7.85. The van der Waals surface area contributed by atoms with E-state index in [1.165, 1.54) is 0 Å². The van der Waals surface area contributed by atoms with Crippen LogP contribution in [0, 0.1) is 25.6 Å². The molecule has 17 heavy (non-hydrogen) atoms. The van der Waals surface area contributed by atoms with E-state index >= 15 is 0 Å². The van der Waals surface area contributed by atoms with Crippen LogP contribution in [-0.4, -0.2) is 31.2 Å². The van der Waals surface area contributed by atoms with Crippen molar-refractivity contribution in [2.24, 2.45) is 11.5 Å².